The Bertz CT molecular complexity index is 841. The number of anilines is 1. The average Bonchev–Trinajstić information content (AvgIpc) is 2.91. The van der Waals surface area contributed by atoms with Crippen molar-refractivity contribution < 1.29 is 9.66 Å². The second-order valence-corrected chi connectivity index (χ2v) is 4.48. The van der Waals surface area contributed by atoms with Crippen molar-refractivity contribution in [3.05, 3.63) is 46.5 Å². The monoisotopic (exact) mass is 284 g/mol. The number of hydrogen-bond acceptors (Lipinski definition) is 5. The first-order chi connectivity index (χ1) is 10.1. The molecule has 0 aliphatic rings. The Kier molecular flexibility index (Phi) is 2.94. The van der Waals surface area contributed by atoms with Crippen LogP contribution in [0.4, 0.5) is 11.4 Å². The van der Waals surface area contributed by atoms with E-state index in [4.69, 9.17) is 10.5 Å². The van der Waals surface area contributed by atoms with E-state index in [9.17, 15) is 10.1 Å². The fraction of sp³-hybridized carbons (Fsp3) is 0.0714. The fourth-order valence-electron chi connectivity index (χ4n) is 2.28. The van der Waals surface area contributed by atoms with Crippen LogP contribution >= 0.6 is 0 Å². The maximum atomic E-state index is 11.3. The number of rotatable bonds is 3. The predicted octanol–water partition coefficient (Wildman–Crippen LogP) is 2.73. The van der Waals surface area contributed by atoms with Crippen molar-refractivity contribution in [1.29, 1.82) is 0 Å². The third kappa shape index (κ3) is 2.04. The molecular weight excluding hydrogens is 272 g/mol. The van der Waals surface area contributed by atoms with Crippen LogP contribution in [0.3, 0.4) is 0 Å². The topological polar surface area (TPSA) is 107 Å². The number of nitrogens with zero attached hydrogens (tertiary/aromatic N) is 2. The molecule has 106 valence electrons. The van der Waals surface area contributed by atoms with Crippen molar-refractivity contribution >= 4 is 22.3 Å². The minimum absolute atomic E-state index is 0.0778. The number of nitrogens with two attached hydrogens (primary N) is 1. The van der Waals surface area contributed by atoms with Gasteiger partial charge in [-0.25, -0.2) is 0 Å². The molecule has 1 heterocycles. The summed E-state index contributed by atoms with van der Waals surface area (Å²) in [5, 5.41) is 19.0. The van der Waals surface area contributed by atoms with Gasteiger partial charge in [0.1, 0.15) is 11.4 Å². The summed E-state index contributed by atoms with van der Waals surface area (Å²) in [5.41, 5.74) is 7.98. The van der Waals surface area contributed by atoms with Gasteiger partial charge in [0.2, 0.25) is 0 Å². The lowest BCUT2D eigenvalue weighted by atomic mass is 10.0. The van der Waals surface area contributed by atoms with Gasteiger partial charge in [0.25, 0.3) is 5.69 Å². The quantitative estimate of drug-likeness (QED) is 0.437. The molecule has 0 unspecified atom stereocenters. The molecule has 0 saturated carbocycles. The summed E-state index contributed by atoms with van der Waals surface area (Å²) >= 11 is 0. The predicted molar refractivity (Wildman–Crippen MR) is 79.1 cm³/mol. The number of nitro groups is 1. The zero-order valence-electron chi connectivity index (χ0n) is 11.2. The molecule has 0 aliphatic carbocycles. The molecule has 1 aromatic heterocycles. The Hall–Kier alpha value is -3.09. The third-order valence-corrected chi connectivity index (χ3v) is 3.28. The van der Waals surface area contributed by atoms with Crippen molar-refractivity contribution in [1.82, 2.24) is 10.2 Å². The van der Waals surface area contributed by atoms with Crippen LogP contribution in [0.5, 0.6) is 5.75 Å². The second-order valence-electron chi connectivity index (χ2n) is 4.48. The summed E-state index contributed by atoms with van der Waals surface area (Å²) in [6, 6.07) is 9.98. The number of nitrogens with one attached hydrogen (secondary N) is 1. The van der Waals surface area contributed by atoms with Gasteiger partial charge < -0.3 is 10.5 Å². The molecule has 0 spiro atoms. The van der Waals surface area contributed by atoms with E-state index in [0.29, 0.717) is 28.1 Å². The number of H-pyrrole nitrogens is 1. The molecule has 2 aromatic carbocycles. The van der Waals surface area contributed by atoms with E-state index in [0.717, 1.165) is 5.52 Å². The van der Waals surface area contributed by atoms with Gasteiger partial charge in [0, 0.05) is 5.69 Å². The summed E-state index contributed by atoms with van der Waals surface area (Å²) in [4.78, 5) is 10.8. The van der Waals surface area contributed by atoms with Gasteiger partial charge in [-0.2, -0.15) is 5.10 Å². The number of methoxy groups -OCH3 is 1. The lowest BCUT2D eigenvalue weighted by molar-refractivity contribution is -0.384. The van der Waals surface area contributed by atoms with Gasteiger partial charge in [-0.3, -0.25) is 15.2 Å². The first-order valence-electron chi connectivity index (χ1n) is 6.17. The minimum atomic E-state index is -0.461. The van der Waals surface area contributed by atoms with Crippen molar-refractivity contribution in [2.24, 2.45) is 0 Å². The smallest absolute Gasteiger partial charge is 0.282 e. The molecule has 21 heavy (non-hydrogen) atoms. The normalized spacial score (nSPS) is 10.7. The van der Waals surface area contributed by atoms with Crippen molar-refractivity contribution in [2.75, 3.05) is 12.8 Å². The largest absolute Gasteiger partial charge is 0.497 e. The number of ether oxygens (including phenoxy) is 1. The average molecular weight is 284 g/mol. The van der Waals surface area contributed by atoms with Crippen molar-refractivity contribution in [3.8, 4) is 17.0 Å². The van der Waals surface area contributed by atoms with Gasteiger partial charge in [-0.05, 0) is 24.3 Å². The summed E-state index contributed by atoms with van der Waals surface area (Å²) in [6.07, 6.45) is 0. The number of benzene rings is 2. The van der Waals surface area contributed by atoms with Crippen LogP contribution in [0.1, 0.15) is 0 Å². The van der Waals surface area contributed by atoms with Crippen LogP contribution in [0.25, 0.3) is 22.2 Å². The number of hydrogen-bond donors (Lipinski definition) is 2. The SMILES string of the molecule is COc1ccc(-c2n[nH]c3cccc(N)c23)c([N+](=O)[O-])c1. The molecular formula is C14H12N4O3. The van der Waals surface area contributed by atoms with E-state index in [1.807, 2.05) is 6.07 Å². The lowest BCUT2D eigenvalue weighted by Crippen LogP contribution is -1.95. The van der Waals surface area contributed by atoms with Gasteiger partial charge in [-0.1, -0.05) is 6.07 Å². The Morgan fingerprint density at radius 2 is 2.14 bits per heavy atom. The molecule has 0 atom stereocenters. The van der Waals surface area contributed by atoms with Crippen molar-refractivity contribution in [3.63, 3.8) is 0 Å². The maximum absolute atomic E-state index is 11.3. The molecule has 7 heteroatoms. The van der Waals surface area contributed by atoms with Gasteiger partial charge in [0.15, 0.2) is 0 Å². The maximum Gasteiger partial charge on any atom is 0.282 e. The highest BCUT2D eigenvalue weighted by Gasteiger charge is 2.21. The Morgan fingerprint density at radius 1 is 1.33 bits per heavy atom. The van der Waals surface area contributed by atoms with Crippen LogP contribution in [0.2, 0.25) is 0 Å². The van der Waals surface area contributed by atoms with Crippen molar-refractivity contribution in [2.45, 2.75) is 0 Å². The van der Waals surface area contributed by atoms with E-state index in [1.165, 1.54) is 13.2 Å². The van der Waals surface area contributed by atoms with Crippen LogP contribution in [0.15, 0.2) is 36.4 Å². The van der Waals surface area contributed by atoms with Crippen LogP contribution in [-0.4, -0.2) is 22.2 Å². The highest BCUT2D eigenvalue weighted by atomic mass is 16.6. The van der Waals surface area contributed by atoms with E-state index < -0.39 is 4.92 Å². The summed E-state index contributed by atoms with van der Waals surface area (Å²) < 4.78 is 5.03. The molecule has 0 fully saturated rings. The highest BCUT2D eigenvalue weighted by molar-refractivity contribution is 6.02. The summed E-state index contributed by atoms with van der Waals surface area (Å²) in [7, 11) is 1.46. The van der Waals surface area contributed by atoms with Crippen LogP contribution in [0, 0.1) is 10.1 Å². The van der Waals surface area contributed by atoms with E-state index >= 15 is 0 Å². The van der Waals surface area contributed by atoms with Gasteiger partial charge in [-0.15, -0.1) is 0 Å². The molecule has 0 saturated heterocycles. The molecule has 3 aromatic rings. The Labute approximate surface area is 119 Å². The van der Waals surface area contributed by atoms with Gasteiger partial charge in [0.05, 0.1) is 34.6 Å². The number of nitro benzene ring substituents is 1. The number of fused-ring (bicyclic) bond motifs is 1. The van der Waals surface area contributed by atoms with E-state index in [-0.39, 0.29) is 5.69 Å². The van der Waals surface area contributed by atoms with E-state index in [2.05, 4.69) is 10.2 Å². The van der Waals surface area contributed by atoms with E-state index in [1.54, 1.807) is 24.3 Å². The molecule has 0 radical (unpaired) electrons. The molecule has 0 bridgehead atoms. The highest BCUT2D eigenvalue weighted by Crippen LogP contribution is 2.37. The second kappa shape index (κ2) is 4.78. The van der Waals surface area contributed by atoms with Gasteiger partial charge >= 0.3 is 0 Å². The number of nitrogen functional groups attached to an aromatic ring is 1. The lowest BCUT2D eigenvalue weighted by Gasteiger charge is -2.04. The molecule has 0 aliphatic heterocycles. The zero-order chi connectivity index (χ0) is 15.0. The molecule has 3 N–H and O–H groups in total. The number of aromatic amines is 1. The zero-order valence-corrected chi connectivity index (χ0v) is 11.2. The minimum Gasteiger partial charge on any atom is -0.497 e. The third-order valence-electron chi connectivity index (χ3n) is 3.28. The Morgan fingerprint density at radius 3 is 2.86 bits per heavy atom. The number of aromatic nitrogens is 2. The standard InChI is InChI=1S/C14H12N4O3/c1-21-8-5-6-9(12(7-8)18(19)20)14-13-10(15)3-2-4-11(13)16-17-14/h2-7H,15H2,1H3,(H,16,17). The molecule has 0 amide bonds. The molecule has 3 rings (SSSR count). The Balaban J connectivity index is 2.30. The van der Waals surface area contributed by atoms with Crippen LogP contribution in [-0.2, 0) is 0 Å². The molecule has 7 nitrogen and oxygen atoms in total. The summed E-state index contributed by atoms with van der Waals surface area (Å²) in [5.74, 6) is 0.415. The first kappa shape index (κ1) is 12.9. The summed E-state index contributed by atoms with van der Waals surface area (Å²) in [6.45, 7) is 0. The van der Waals surface area contributed by atoms with Crippen LogP contribution < -0.4 is 10.5 Å². The fourth-order valence-corrected chi connectivity index (χ4v) is 2.28. The first-order valence-corrected chi connectivity index (χ1v) is 6.17.